The molecule has 1 unspecified atom stereocenters. The number of carbonyl (C=O) groups is 1. The van der Waals surface area contributed by atoms with Crippen LogP contribution in [0, 0.1) is 5.92 Å². The topological polar surface area (TPSA) is 63.5 Å². The standard InChI is InChI=1S/C17H31N3O3/c1-6-15(13(3)22-4)19-16(18-7-2)12-20-10-8-14(9-11-20)17(21)23-5/h7,13-15H,6,8-12H2,1-5H3/b18-7-,19-16-/t13?,15-/m1/s1. The third-order valence-corrected chi connectivity index (χ3v) is 4.41. The first-order chi connectivity index (χ1) is 11.0. The zero-order chi connectivity index (χ0) is 17.2. The maximum absolute atomic E-state index is 11.6. The van der Waals surface area contributed by atoms with Gasteiger partial charge in [0.15, 0.2) is 0 Å². The van der Waals surface area contributed by atoms with Gasteiger partial charge in [-0.25, -0.2) is 4.99 Å². The van der Waals surface area contributed by atoms with Crippen LogP contribution >= 0.6 is 0 Å². The summed E-state index contributed by atoms with van der Waals surface area (Å²) in [7, 11) is 3.17. The molecule has 132 valence electrons. The second-order valence-electron chi connectivity index (χ2n) is 5.92. The molecule has 0 aliphatic carbocycles. The van der Waals surface area contributed by atoms with Gasteiger partial charge in [0.2, 0.25) is 0 Å². The summed E-state index contributed by atoms with van der Waals surface area (Å²) in [6.07, 6.45) is 4.45. The van der Waals surface area contributed by atoms with Gasteiger partial charge in [0.25, 0.3) is 0 Å². The molecule has 0 spiro atoms. The largest absolute Gasteiger partial charge is 0.469 e. The molecule has 0 aromatic rings. The number of rotatable bonds is 7. The van der Waals surface area contributed by atoms with Gasteiger partial charge in [0.1, 0.15) is 5.84 Å². The van der Waals surface area contributed by atoms with Crippen molar-refractivity contribution in [2.75, 3.05) is 33.9 Å². The number of hydrogen-bond donors (Lipinski definition) is 0. The van der Waals surface area contributed by atoms with Crippen LogP contribution in [-0.2, 0) is 14.3 Å². The lowest BCUT2D eigenvalue weighted by Gasteiger charge is -2.30. The predicted molar refractivity (Wildman–Crippen MR) is 93.3 cm³/mol. The van der Waals surface area contributed by atoms with Crippen LogP contribution in [0.25, 0.3) is 0 Å². The van der Waals surface area contributed by atoms with E-state index in [0.717, 1.165) is 38.2 Å². The van der Waals surface area contributed by atoms with E-state index in [0.29, 0.717) is 6.54 Å². The first-order valence-corrected chi connectivity index (χ1v) is 8.43. The molecule has 6 nitrogen and oxygen atoms in total. The predicted octanol–water partition coefficient (Wildman–Crippen LogP) is 2.17. The fraction of sp³-hybridized carbons (Fsp3) is 0.824. The van der Waals surface area contributed by atoms with E-state index in [-0.39, 0.29) is 24.0 Å². The summed E-state index contributed by atoms with van der Waals surface area (Å²) in [5.41, 5.74) is 0. The molecule has 0 saturated carbocycles. The lowest BCUT2D eigenvalue weighted by molar-refractivity contribution is -0.146. The van der Waals surface area contributed by atoms with Crippen LogP contribution in [0.4, 0.5) is 0 Å². The molecular formula is C17H31N3O3. The molecule has 1 fully saturated rings. The molecule has 2 atom stereocenters. The molecule has 1 aliphatic heterocycles. The summed E-state index contributed by atoms with van der Waals surface area (Å²) in [5, 5.41) is 0. The van der Waals surface area contributed by atoms with Gasteiger partial charge in [-0.1, -0.05) is 6.92 Å². The van der Waals surface area contributed by atoms with E-state index in [1.165, 1.54) is 7.11 Å². The number of likely N-dealkylation sites (tertiary alicyclic amines) is 1. The average molecular weight is 325 g/mol. The van der Waals surface area contributed by atoms with Gasteiger partial charge in [-0.15, -0.1) is 0 Å². The normalized spacial score (nSPS) is 20.7. The number of nitrogens with zero attached hydrogens (tertiary/aromatic N) is 3. The molecule has 6 heteroatoms. The molecule has 1 rings (SSSR count). The van der Waals surface area contributed by atoms with Crippen LogP contribution in [0.3, 0.4) is 0 Å². The number of piperidine rings is 1. The maximum atomic E-state index is 11.6. The Morgan fingerprint density at radius 1 is 1.35 bits per heavy atom. The van der Waals surface area contributed by atoms with Crippen LogP contribution in [0.1, 0.15) is 40.0 Å². The van der Waals surface area contributed by atoms with Crippen molar-refractivity contribution in [2.24, 2.45) is 15.9 Å². The zero-order valence-electron chi connectivity index (χ0n) is 15.1. The lowest BCUT2D eigenvalue weighted by atomic mass is 9.97. The van der Waals surface area contributed by atoms with E-state index in [2.05, 4.69) is 16.8 Å². The molecule has 1 aliphatic rings. The van der Waals surface area contributed by atoms with Gasteiger partial charge >= 0.3 is 5.97 Å². The molecule has 23 heavy (non-hydrogen) atoms. The number of methoxy groups -OCH3 is 2. The quantitative estimate of drug-likeness (QED) is 0.409. The fourth-order valence-corrected chi connectivity index (χ4v) is 2.83. The third kappa shape index (κ3) is 6.39. The Labute approximate surface area is 140 Å². The van der Waals surface area contributed by atoms with Crippen molar-refractivity contribution in [1.82, 2.24) is 4.90 Å². The summed E-state index contributed by atoms with van der Waals surface area (Å²) < 4.78 is 10.2. The van der Waals surface area contributed by atoms with Crippen molar-refractivity contribution in [3.05, 3.63) is 0 Å². The van der Waals surface area contributed by atoms with E-state index in [9.17, 15) is 4.79 Å². The minimum absolute atomic E-state index is 0.0308. The Morgan fingerprint density at radius 2 is 2.00 bits per heavy atom. The van der Waals surface area contributed by atoms with Gasteiger partial charge < -0.3 is 9.47 Å². The van der Waals surface area contributed by atoms with Crippen molar-refractivity contribution in [3.63, 3.8) is 0 Å². The van der Waals surface area contributed by atoms with Crippen molar-refractivity contribution >= 4 is 18.0 Å². The highest BCUT2D eigenvalue weighted by molar-refractivity contribution is 5.90. The van der Waals surface area contributed by atoms with Crippen LogP contribution in [0.5, 0.6) is 0 Å². The van der Waals surface area contributed by atoms with Crippen molar-refractivity contribution < 1.29 is 14.3 Å². The van der Waals surface area contributed by atoms with Gasteiger partial charge in [-0.3, -0.25) is 14.7 Å². The van der Waals surface area contributed by atoms with Gasteiger partial charge in [-0.2, -0.15) is 0 Å². The number of aliphatic imine (C=N–C) groups is 2. The highest BCUT2D eigenvalue weighted by atomic mass is 16.5. The highest BCUT2D eigenvalue weighted by Crippen LogP contribution is 2.18. The molecule has 0 bridgehead atoms. The Hall–Kier alpha value is -1.27. The molecule has 1 heterocycles. The molecule has 0 amide bonds. The Bertz CT molecular complexity index is 415. The number of amidine groups is 1. The van der Waals surface area contributed by atoms with Crippen molar-refractivity contribution in [3.8, 4) is 0 Å². The van der Waals surface area contributed by atoms with E-state index in [1.807, 2.05) is 13.8 Å². The number of ether oxygens (including phenoxy) is 2. The van der Waals surface area contributed by atoms with Gasteiger partial charge in [0.05, 0.1) is 31.7 Å². The second-order valence-corrected chi connectivity index (χ2v) is 5.92. The lowest BCUT2D eigenvalue weighted by Crippen LogP contribution is -2.39. The monoisotopic (exact) mass is 325 g/mol. The average Bonchev–Trinajstić information content (AvgIpc) is 2.58. The Kier molecular flexibility index (Phi) is 9.02. The van der Waals surface area contributed by atoms with E-state index in [1.54, 1.807) is 13.3 Å². The molecule has 0 aromatic carbocycles. The third-order valence-electron chi connectivity index (χ3n) is 4.41. The first kappa shape index (κ1) is 19.8. The van der Waals surface area contributed by atoms with Gasteiger partial charge in [-0.05, 0) is 46.2 Å². The Morgan fingerprint density at radius 3 is 2.48 bits per heavy atom. The van der Waals surface area contributed by atoms with Crippen LogP contribution in [0.15, 0.2) is 9.98 Å². The summed E-state index contributed by atoms with van der Waals surface area (Å²) in [6.45, 7) is 8.50. The number of esters is 1. The number of hydrogen-bond acceptors (Lipinski definition) is 5. The van der Waals surface area contributed by atoms with Crippen LogP contribution < -0.4 is 0 Å². The van der Waals surface area contributed by atoms with E-state index < -0.39 is 0 Å². The summed E-state index contributed by atoms with van der Waals surface area (Å²) >= 11 is 0. The second kappa shape index (κ2) is 10.5. The van der Waals surface area contributed by atoms with E-state index >= 15 is 0 Å². The van der Waals surface area contributed by atoms with Crippen molar-refractivity contribution in [2.45, 2.75) is 52.2 Å². The maximum Gasteiger partial charge on any atom is 0.308 e. The van der Waals surface area contributed by atoms with Gasteiger partial charge in [0, 0.05) is 13.3 Å². The van der Waals surface area contributed by atoms with Crippen molar-refractivity contribution in [1.29, 1.82) is 0 Å². The summed E-state index contributed by atoms with van der Waals surface area (Å²) in [5.74, 6) is 0.771. The minimum atomic E-state index is -0.0925. The SMILES string of the molecule is C/C=N\C(CN1CCC(C(=O)OC)CC1)=N/[C@H](CC)C(C)OC. The first-order valence-electron chi connectivity index (χ1n) is 8.43. The highest BCUT2D eigenvalue weighted by Gasteiger charge is 2.26. The summed E-state index contributed by atoms with van der Waals surface area (Å²) in [4.78, 5) is 23.1. The fourth-order valence-electron chi connectivity index (χ4n) is 2.83. The molecule has 0 aromatic heterocycles. The summed E-state index contributed by atoms with van der Waals surface area (Å²) in [6, 6.07) is 0.117. The van der Waals surface area contributed by atoms with Crippen LogP contribution in [0.2, 0.25) is 0 Å². The molecule has 0 radical (unpaired) electrons. The Balaban J connectivity index is 2.65. The zero-order valence-corrected chi connectivity index (χ0v) is 15.1. The molecule has 1 saturated heterocycles. The van der Waals surface area contributed by atoms with E-state index in [4.69, 9.17) is 14.5 Å². The molecular weight excluding hydrogens is 294 g/mol. The minimum Gasteiger partial charge on any atom is -0.469 e. The van der Waals surface area contributed by atoms with Crippen LogP contribution in [-0.4, -0.2) is 68.9 Å². The smallest absolute Gasteiger partial charge is 0.308 e. The number of carbonyl (C=O) groups excluding carboxylic acids is 1. The molecule has 0 N–H and O–H groups in total.